The highest BCUT2D eigenvalue weighted by molar-refractivity contribution is 5.33. The molecule has 21 heavy (non-hydrogen) atoms. The number of morpholine rings is 1. The molecule has 2 rings (SSSR count). The Labute approximate surface area is 127 Å². The highest BCUT2D eigenvalue weighted by Crippen LogP contribution is 2.16. The van der Waals surface area contributed by atoms with Gasteiger partial charge in [-0.25, -0.2) is 0 Å². The van der Waals surface area contributed by atoms with Gasteiger partial charge in [0.2, 0.25) is 0 Å². The molecule has 0 spiro atoms. The van der Waals surface area contributed by atoms with Gasteiger partial charge < -0.3 is 19.5 Å². The molecule has 0 saturated carbocycles. The van der Waals surface area contributed by atoms with Gasteiger partial charge in [-0.3, -0.25) is 0 Å². The van der Waals surface area contributed by atoms with E-state index in [1.54, 1.807) is 0 Å². The number of aryl methyl sites for hydroxylation is 2. The van der Waals surface area contributed by atoms with Crippen molar-refractivity contribution in [3.8, 4) is 5.75 Å². The van der Waals surface area contributed by atoms with Crippen molar-refractivity contribution in [2.75, 3.05) is 26.2 Å². The highest BCUT2D eigenvalue weighted by Gasteiger charge is 2.27. The predicted molar refractivity (Wildman–Crippen MR) is 83.0 cm³/mol. The van der Waals surface area contributed by atoms with E-state index in [4.69, 9.17) is 9.47 Å². The van der Waals surface area contributed by atoms with E-state index in [9.17, 15) is 5.11 Å². The van der Waals surface area contributed by atoms with Crippen LogP contribution in [-0.4, -0.2) is 49.7 Å². The van der Waals surface area contributed by atoms with Gasteiger partial charge in [0.25, 0.3) is 0 Å². The number of nitrogens with one attached hydrogen (secondary N) is 1. The second kappa shape index (κ2) is 7.25. The summed E-state index contributed by atoms with van der Waals surface area (Å²) in [5.74, 6) is 0.830. The highest BCUT2D eigenvalue weighted by atomic mass is 16.5. The van der Waals surface area contributed by atoms with E-state index in [2.05, 4.69) is 27.7 Å². The molecule has 1 aromatic carbocycles. The molecule has 1 aliphatic rings. The van der Waals surface area contributed by atoms with Crippen LogP contribution in [0, 0.1) is 13.8 Å². The minimum Gasteiger partial charge on any atom is -0.491 e. The zero-order valence-electron chi connectivity index (χ0n) is 13.6. The molecule has 3 atom stereocenters. The Kier molecular flexibility index (Phi) is 5.62. The lowest BCUT2D eigenvalue weighted by atomic mass is 10.1. The summed E-state index contributed by atoms with van der Waals surface area (Å²) >= 11 is 0. The average molecular weight is 294 g/mol. The van der Waals surface area contributed by atoms with Crippen LogP contribution in [0.4, 0.5) is 0 Å². The number of hydrogen-bond acceptors (Lipinski definition) is 3. The van der Waals surface area contributed by atoms with Crippen LogP contribution >= 0.6 is 0 Å². The second-order valence-corrected chi connectivity index (χ2v) is 6.33. The van der Waals surface area contributed by atoms with Crippen molar-refractivity contribution < 1.29 is 19.5 Å². The number of quaternary nitrogens is 1. The molecule has 1 aliphatic heterocycles. The molecule has 0 radical (unpaired) electrons. The maximum atomic E-state index is 10.2. The first-order valence-electron chi connectivity index (χ1n) is 7.81. The van der Waals surface area contributed by atoms with Crippen molar-refractivity contribution in [3.63, 3.8) is 0 Å². The molecule has 2 N–H and O–H groups in total. The van der Waals surface area contributed by atoms with Crippen LogP contribution in [0.3, 0.4) is 0 Å². The van der Waals surface area contributed by atoms with Crippen molar-refractivity contribution in [2.45, 2.75) is 46.0 Å². The third kappa shape index (κ3) is 4.99. The van der Waals surface area contributed by atoms with Crippen LogP contribution in [0.25, 0.3) is 0 Å². The molecule has 1 fully saturated rings. The number of aliphatic hydroxyl groups is 1. The summed E-state index contributed by atoms with van der Waals surface area (Å²) in [6.45, 7) is 11.3. The molecule has 4 nitrogen and oxygen atoms in total. The Balaban J connectivity index is 1.79. The van der Waals surface area contributed by atoms with E-state index in [0.29, 0.717) is 13.2 Å². The van der Waals surface area contributed by atoms with E-state index < -0.39 is 6.10 Å². The third-order valence-corrected chi connectivity index (χ3v) is 4.06. The molecule has 1 heterocycles. The Morgan fingerprint density at radius 3 is 2.52 bits per heavy atom. The maximum absolute atomic E-state index is 10.2. The molecule has 0 amide bonds. The van der Waals surface area contributed by atoms with E-state index in [0.717, 1.165) is 18.8 Å². The van der Waals surface area contributed by atoms with Crippen molar-refractivity contribution in [1.29, 1.82) is 0 Å². The van der Waals surface area contributed by atoms with E-state index in [1.807, 2.05) is 18.2 Å². The fourth-order valence-electron chi connectivity index (χ4n) is 2.94. The Hall–Kier alpha value is -1.10. The lowest BCUT2D eigenvalue weighted by Gasteiger charge is -2.33. The average Bonchev–Trinajstić information content (AvgIpc) is 2.39. The second-order valence-electron chi connectivity index (χ2n) is 6.33. The van der Waals surface area contributed by atoms with Crippen molar-refractivity contribution in [2.24, 2.45) is 0 Å². The van der Waals surface area contributed by atoms with E-state index >= 15 is 0 Å². The SMILES string of the molecule is Cc1ccc(OC[C@H](O)C[NH+]2C[C@@H](C)O[C@H](C)C2)cc1C. The number of aliphatic hydroxyl groups excluding tert-OH is 1. The molecular weight excluding hydrogens is 266 g/mol. The van der Waals surface area contributed by atoms with Gasteiger partial charge in [0.15, 0.2) is 0 Å². The number of rotatable bonds is 5. The zero-order valence-corrected chi connectivity index (χ0v) is 13.6. The standard InChI is InChI=1S/C17H27NO3/c1-12-5-6-17(7-13(12)2)20-11-16(19)10-18-8-14(3)21-15(4)9-18/h5-7,14-16,19H,8-11H2,1-4H3/p+1/t14-,15-,16-/m1/s1. The molecule has 0 aromatic heterocycles. The summed E-state index contributed by atoms with van der Waals surface area (Å²) in [4.78, 5) is 1.39. The van der Waals surface area contributed by atoms with Crippen LogP contribution in [0.1, 0.15) is 25.0 Å². The van der Waals surface area contributed by atoms with E-state index in [-0.39, 0.29) is 12.2 Å². The van der Waals surface area contributed by atoms with Crippen LogP contribution in [0.5, 0.6) is 5.75 Å². The maximum Gasteiger partial charge on any atom is 0.137 e. The number of hydrogen-bond donors (Lipinski definition) is 2. The first-order valence-corrected chi connectivity index (χ1v) is 7.81. The smallest absolute Gasteiger partial charge is 0.137 e. The Morgan fingerprint density at radius 2 is 1.90 bits per heavy atom. The molecular formula is C17H28NO3+. The van der Waals surface area contributed by atoms with Gasteiger partial charge in [0, 0.05) is 0 Å². The fraction of sp³-hybridized carbons (Fsp3) is 0.647. The number of ether oxygens (including phenoxy) is 2. The summed E-state index contributed by atoms with van der Waals surface area (Å²) in [6.07, 6.45) is 0.0762. The molecule has 4 heteroatoms. The lowest BCUT2D eigenvalue weighted by molar-refractivity contribution is -0.918. The van der Waals surface area contributed by atoms with Crippen LogP contribution < -0.4 is 9.64 Å². The molecule has 118 valence electrons. The molecule has 1 aromatic rings. The first-order chi connectivity index (χ1) is 9.94. The molecule has 0 unspecified atom stereocenters. The minimum atomic E-state index is -0.445. The first kappa shape index (κ1) is 16.3. The van der Waals surface area contributed by atoms with Gasteiger partial charge >= 0.3 is 0 Å². The zero-order chi connectivity index (χ0) is 15.4. The van der Waals surface area contributed by atoms with Gasteiger partial charge in [-0.2, -0.15) is 0 Å². The van der Waals surface area contributed by atoms with Gasteiger partial charge in [0.05, 0.1) is 0 Å². The monoisotopic (exact) mass is 294 g/mol. The van der Waals surface area contributed by atoms with E-state index in [1.165, 1.54) is 16.0 Å². The summed E-state index contributed by atoms with van der Waals surface area (Å²) in [6, 6.07) is 6.03. The van der Waals surface area contributed by atoms with Crippen molar-refractivity contribution in [1.82, 2.24) is 0 Å². The van der Waals surface area contributed by atoms with Crippen LogP contribution in [0.15, 0.2) is 18.2 Å². The van der Waals surface area contributed by atoms with Crippen LogP contribution in [-0.2, 0) is 4.74 Å². The molecule has 0 aliphatic carbocycles. The van der Waals surface area contributed by atoms with Crippen molar-refractivity contribution >= 4 is 0 Å². The Bertz CT molecular complexity index is 453. The molecule has 1 saturated heterocycles. The summed E-state index contributed by atoms with van der Waals surface area (Å²) < 4.78 is 11.4. The Morgan fingerprint density at radius 1 is 1.24 bits per heavy atom. The summed E-state index contributed by atoms with van der Waals surface area (Å²) in [7, 11) is 0. The van der Waals surface area contributed by atoms with Crippen LogP contribution in [0.2, 0.25) is 0 Å². The largest absolute Gasteiger partial charge is 0.491 e. The van der Waals surface area contributed by atoms with Gasteiger partial charge in [-0.05, 0) is 51.0 Å². The lowest BCUT2D eigenvalue weighted by Crippen LogP contribution is -3.16. The normalized spacial score (nSPS) is 27.4. The number of benzene rings is 1. The topological polar surface area (TPSA) is 43.1 Å². The summed E-state index contributed by atoms with van der Waals surface area (Å²) in [5.41, 5.74) is 2.46. The van der Waals surface area contributed by atoms with Gasteiger partial charge in [0.1, 0.15) is 50.3 Å². The molecule has 0 bridgehead atoms. The minimum absolute atomic E-state index is 0.261. The predicted octanol–water partition coefficient (Wildman–Crippen LogP) is 0.735. The van der Waals surface area contributed by atoms with Crippen molar-refractivity contribution in [3.05, 3.63) is 29.3 Å². The fourth-order valence-corrected chi connectivity index (χ4v) is 2.94. The quantitative estimate of drug-likeness (QED) is 0.842. The third-order valence-electron chi connectivity index (χ3n) is 4.06. The van der Waals surface area contributed by atoms with Gasteiger partial charge in [-0.1, -0.05) is 6.07 Å². The van der Waals surface area contributed by atoms with Gasteiger partial charge in [-0.15, -0.1) is 0 Å². The summed E-state index contributed by atoms with van der Waals surface area (Å²) in [5, 5.41) is 10.2.